The van der Waals surface area contributed by atoms with Crippen molar-refractivity contribution >= 4 is 63.8 Å². The van der Waals surface area contributed by atoms with E-state index in [-0.39, 0.29) is 150 Å². The van der Waals surface area contributed by atoms with E-state index in [0.717, 1.165) is 0 Å². The average Bonchev–Trinajstić information content (AvgIpc) is 1.62. The van der Waals surface area contributed by atoms with E-state index in [2.05, 4.69) is 20.3 Å². The van der Waals surface area contributed by atoms with Gasteiger partial charge in [0.25, 0.3) is 0 Å². The summed E-state index contributed by atoms with van der Waals surface area (Å²) in [6.07, 6.45) is -9.18. The molecule has 0 aromatic carbocycles. The summed E-state index contributed by atoms with van der Waals surface area (Å²) in [7, 11) is -28.3. The molecule has 0 aliphatic carbocycles. The van der Waals surface area contributed by atoms with Gasteiger partial charge in [0.1, 0.15) is 79.0 Å². The fourth-order valence-corrected chi connectivity index (χ4v) is 18.0. The van der Waals surface area contributed by atoms with Crippen molar-refractivity contribution in [2.45, 2.75) is 300 Å². The van der Waals surface area contributed by atoms with Gasteiger partial charge in [-0.15, -0.1) is 0 Å². The molecule has 0 radical (unpaired) electrons. The lowest BCUT2D eigenvalue weighted by Gasteiger charge is -2.42. The van der Waals surface area contributed by atoms with Crippen LogP contribution >= 0.6 is 46.7 Å². The Morgan fingerprint density at radius 2 is 0.826 bits per heavy atom. The van der Waals surface area contributed by atoms with Crippen LogP contribution in [-0.4, -0.2) is 369 Å². The number of ether oxygens (including phenoxy) is 12. The molecule has 17 N–H and O–H groups in total. The third kappa shape index (κ3) is 49.8. The summed E-state index contributed by atoms with van der Waals surface area (Å²) in [5.41, 5.74) is -1.07. The number of aliphatic hydroxyl groups is 10. The minimum Gasteiger partial charge on any atom is -0.396 e. The quantitative estimate of drug-likeness (QED) is 0.0178. The van der Waals surface area contributed by atoms with E-state index in [9.17, 15) is 113 Å². The Bertz CT molecular complexity index is 3740. The number of hydrogen-bond donors (Lipinski definition) is 17. The number of unbranched alkanes of at least 4 members (excludes halogenated alkanes) is 9. The Morgan fingerprint density at radius 1 is 0.449 bits per heavy atom. The van der Waals surface area contributed by atoms with Crippen LogP contribution < -0.4 is 5.32 Å². The first-order valence-electron chi connectivity index (χ1n) is 43.5. The van der Waals surface area contributed by atoms with Crippen molar-refractivity contribution in [3.05, 3.63) is 18.3 Å². The first-order chi connectivity index (χ1) is 62.1. The van der Waals surface area contributed by atoms with E-state index in [0.29, 0.717) is 93.9 Å². The van der Waals surface area contributed by atoms with Crippen molar-refractivity contribution in [3.63, 3.8) is 0 Å². The van der Waals surface area contributed by atoms with E-state index >= 15 is 0 Å². The Hall–Kier alpha value is -2.16. The van der Waals surface area contributed by atoms with Crippen LogP contribution in [0.4, 0.5) is 0 Å². The molecular formula is C81H167N5O46P6. The molecule has 4 aliphatic heterocycles. The largest absolute Gasteiger partial charge is 0.474 e. The van der Waals surface area contributed by atoms with E-state index in [4.69, 9.17) is 107 Å². The molecule has 4 saturated heterocycles. The molecule has 2 aromatic heterocycles. The van der Waals surface area contributed by atoms with Crippen LogP contribution in [0.15, 0.2) is 12.7 Å². The minimum atomic E-state index is -5.19. The number of hydrogen-bond acceptors (Lipinski definition) is 43. The normalized spacial score (nSPS) is 27.1. The third-order valence-electron chi connectivity index (χ3n) is 21.1. The maximum Gasteiger partial charge on any atom is 0.474 e. The standard InChI is InChI=1S/C74H139N5O46P6.7CH4/c1-50(2)126(91,92)117-41-60-56(34-61(121-60)79-47-77-62-53(5)75-46-76-70(62)79)125-131(101,102)120-49-107-40-55(35-80)39-106-48-119-130(99,100)118-45-74(42-103-22-19-31-114-127(93,94)111-28-16-10-7-13-25-108-71-51(3)64(85)66(87)57(36-81)122-71,43-104-23-20-32-115-128(95,96)112-29-17-11-8-14-26-109-72-52(4)65(86)67(88)58(37-82)123-72)44-105-24-21-33-116-129(97,98)113-30-18-12-9-15-27-110-73-63(78-54(6)84)69(90)68(89)59(38-83)124-73;;;;;;;/h46-47,50-52,55-61,63-69,71-73,80-83,85-90H,7-45,48-49H2,1-6H3,(H,78,84)(H,91,92)(H,93,94)(H,95,96)(H,97,98)(H,99,100)(H,101,102);7*1H4/t51?,52?,55?,56-,57?,58?,59?,60+,61+,63?,64+,65+,66-,67-,68-,69+,71+,72+,73+,74?;;;;;;;/m0......./s1. The Balaban J connectivity index is 0. The fourth-order valence-electron chi connectivity index (χ4n) is 13.4. The second-order valence-electron chi connectivity index (χ2n) is 32.3. The number of carbonyl (C=O) groups is 1. The van der Waals surface area contributed by atoms with Gasteiger partial charge in [0, 0.05) is 70.7 Å². The molecule has 0 bridgehead atoms. The van der Waals surface area contributed by atoms with Crippen molar-refractivity contribution in [2.24, 2.45) is 23.2 Å². The molecule has 822 valence electrons. The number of nitrogens with zero attached hydrogens (tertiary/aromatic N) is 4. The van der Waals surface area contributed by atoms with E-state index < -0.39 is 273 Å². The number of aryl methyl sites for hydroxylation is 1. The first-order valence-corrected chi connectivity index (χ1v) is 52.6. The summed E-state index contributed by atoms with van der Waals surface area (Å²) in [5, 5.41) is 103. The Kier molecular flexibility index (Phi) is 70.6. The molecule has 25 atom stereocenters. The molecule has 138 heavy (non-hydrogen) atoms. The van der Waals surface area contributed by atoms with Gasteiger partial charge in [-0.05, 0) is 64.7 Å². The van der Waals surface area contributed by atoms with Gasteiger partial charge in [0.05, 0.1) is 148 Å². The summed E-state index contributed by atoms with van der Waals surface area (Å²) in [4.78, 5) is 88.5. The van der Waals surface area contributed by atoms with E-state index in [1.165, 1.54) is 38.0 Å². The minimum absolute atomic E-state index is 0. The lowest BCUT2D eigenvalue weighted by molar-refractivity contribution is -0.282. The topological polar surface area (TPSA) is 711 Å². The second-order valence-corrected chi connectivity index (χ2v) is 41.9. The molecule has 4 fully saturated rings. The van der Waals surface area contributed by atoms with Crippen LogP contribution in [0.3, 0.4) is 0 Å². The molecule has 6 heterocycles. The van der Waals surface area contributed by atoms with Gasteiger partial charge in [-0.1, -0.05) is 118 Å². The second kappa shape index (κ2) is 70.7. The number of carbonyl (C=O) groups excluding carboxylic acids is 1. The first kappa shape index (κ1) is 138. The van der Waals surface area contributed by atoms with Crippen molar-refractivity contribution in [1.29, 1.82) is 0 Å². The summed E-state index contributed by atoms with van der Waals surface area (Å²) in [6, 6.07) is -1.13. The Morgan fingerprint density at radius 3 is 1.22 bits per heavy atom. The molecular weight excluding hydrogens is 1960 g/mol. The molecule has 2 aromatic rings. The predicted octanol–water partition coefficient (Wildman–Crippen LogP) is 7.11. The number of aliphatic hydroxyl groups excluding tert-OH is 10. The van der Waals surface area contributed by atoms with Crippen LogP contribution in [-0.2, 0) is 139 Å². The summed E-state index contributed by atoms with van der Waals surface area (Å²) >= 11 is 0. The lowest BCUT2D eigenvalue weighted by atomic mass is 9.92. The molecule has 0 spiro atoms. The van der Waals surface area contributed by atoms with E-state index in [1.54, 1.807) is 20.8 Å². The number of phosphoric acid groups is 5. The van der Waals surface area contributed by atoms with Gasteiger partial charge in [-0.2, -0.15) is 0 Å². The molecule has 51 nitrogen and oxygen atoms in total. The highest BCUT2D eigenvalue weighted by molar-refractivity contribution is 7.53. The molecule has 6 rings (SSSR count). The summed E-state index contributed by atoms with van der Waals surface area (Å²) < 4.78 is 207. The fraction of sp³-hybridized carbons (Fsp3) is 0.926. The molecule has 4 aliphatic rings. The van der Waals surface area contributed by atoms with Crippen molar-refractivity contribution < 1.29 is 219 Å². The van der Waals surface area contributed by atoms with Gasteiger partial charge in [0.2, 0.25) is 5.91 Å². The van der Waals surface area contributed by atoms with Gasteiger partial charge in [-0.25, -0.2) is 37.8 Å². The van der Waals surface area contributed by atoms with Crippen molar-refractivity contribution in [3.8, 4) is 0 Å². The predicted molar refractivity (Wildman–Crippen MR) is 498 cm³/mol. The van der Waals surface area contributed by atoms with Gasteiger partial charge in [0.15, 0.2) is 38.1 Å². The van der Waals surface area contributed by atoms with Gasteiger partial charge >= 0.3 is 46.7 Å². The number of fused-ring (bicyclic) bond motifs is 1. The highest BCUT2D eigenvalue weighted by Crippen LogP contribution is 2.53. The number of imidazole rings is 1. The van der Waals surface area contributed by atoms with E-state index in [1.807, 2.05) is 0 Å². The molecule has 1 amide bonds. The zero-order chi connectivity index (χ0) is 96.4. The molecule has 57 heteroatoms. The number of rotatable bonds is 73. The smallest absolute Gasteiger partial charge is 0.396 e. The summed E-state index contributed by atoms with van der Waals surface area (Å²) in [5.74, 6) is -2.61. The lowest BCUT2D eigenvalue weighted by Crippen LogP contribution is -2.64. The SMILES string of the molecule is C.C.C.C.C.C.C.CC(=O)NC1[C@H](OCCCCCCOP(=O)(O)OCCCOCC(COCCCOP(=O)(O)OCCCCCCO[C@@H]2OC(CO)[C@H](O)[C@H](O)C2C)(COCCCOP(=O)(O)OCCCCCCO[C@@H]2OC(CO)[C@H](O)[C@H](O)C2C)COP(=O)(O)OCOCC(CO)COCOP(=O)(O)O[C@H]2C[C@H](n3cnc4c(C)ncnc43)O[C@@H]2COP(=O)(O)C(C)C)OC(CO)[C@H](O)[C@@H]1O. The summed E-state index contributed by atoms with van der Waals surface area (Å²) in [6.45, 7) is -0.458. The van der Waals surface area contributed by atoms with Crippen LogP contribution in [0.5, 0.6) is 0 Å². The van der Waals surface area contributed by atoms with Gasteiger partial charge < -0.3 is 147 Å². The highest BCUT2D eigenvalue weighted by Gasteiger charge is 2.49. The van der Waals surface area contributed by atoms with Crippen LogP contribution in [0.2, 0.25) is 0 Å². The number of aromatic nitrogens is 4. The monoisotopic (exact) mass is 2130 g/mol. The molecule has 0 saturated carbocycles. The Labute approximate surface area is 811 Å². The maximum absolute atomic E-state index is 13.8. The zero-order valence-electron chi connectivity index (χ0n) is 74.6. The number of phosphoric ester groups is 5. The van der Waals surface area contributed by atoms with Gasteiger partial charge in [-0.3, -0.25) is 59.2 Å². The highest BCUT2D eigenvalue weighted by atomic mass is 31.2. The van der Waals surface area contributed by atoms with Crippen molar-refractivity contribution in [1.82, 2.24) is 24.8 Å². The van der Waals surface area contributed by atoms with Crippen LogP contribution in [0, 0.1) is 30.1 Å². The zero-order valence-corrected chi connectivity index (χ0v) is 79.9. The number of amides is 1. The average molecular weight is 2130 g/mol. The van der Waals surface area contributed by atoms with Crippen LogP contribution in [0.25, 0.3) is 11.2 Å². The van der Waals surface area contributed by atoms with Crippen molar-refractivity contribution in [2.75, 3.05) is 166 Å². The molecule has 13 unspecified atom stereocenters. The maximum atomic E-state index is 13.8. The third-order valence-corrected chi connectivity index (χ3v) is 27.8. The number of nitrogens with one attached hydrogen (secondary N) is 1. The van der Waals surface area contributed by atoms with Crippen LogP contribution in [0.1, 0.15) is 201 Å².